The van der Waals surface area contributed by atoms with Crippen LogP contribution >= 0.6 is 11.6 Å². The summed E-state index contributed by atoms with van der Waals surface area (Å²) in [7, 11) is -1.68. The number of likely N-dealkylation sites (tertiary alicyclic amines) is 1. The van der Waals surface area contributed by atoms with Crippen molar-refractivity contribution < 1.29 is 17.9 Å². The molecule has 2 aliphatic heterocycles. The zero-order valence-electron chi connectivity index (χ0n) is 16.4. The van der Waals surface area contributed by atoms with Gasteiger partial charge in [0.2, 0.25) is 10.0 Å². The summed E-state index contributed by atoms with van der Waals surface area (Å²) in [4.78, 5) is 15.0. The number of rotatable bonds is 5. The average Bonchev–Trinajstić information content (AvgIpc) is 2.69. The first kappa shape index (κ1) is 21.5. The molecule has 2 saturated heterocycles. The Morgan fingerprint density at radius 2 is 1.96 bits per heavy atom. The summed E-state index contributed by atoms with van der Waals surface area (Å²) in [5.41, 5.74) is 0.0557. The van der Waals surface area contributed by atoms with Gasteiger partial charge in [-0.2, -0.15) is 4.31 Å². The van der Waals surface area contributed by atoms with Crippen LogP contribution in [0, 0.1) is 5.41 Å². The molecule has 0 aliphatic carbocycles. The number of piperidine rings is 1. The molecule has 1 aromatic rings. The first-order valence-corrected chi connectivity index (χ1v) is 11.4. The highest BCUT2D eigenvalue weighted by atomic mass is 35.5. The van der Waals surface area contributed by atoms with Crippen molar-refractivity contribution in [2.45, 2.75) is 30.8 Å². The second-order valence-electron chi connectivity index (χ2n) is 7.98. The van der Waals surface area contributed by atoms with Crippen molar-refractivity contribution in [3.63, 3.8) is 0 Å². The van der Waals surface area contributed by atoms with Gasteiger partial charge in [-0.3, -0.25) is 4.79 Å². The Hall–Kier alpha value is -1.19. The fourth-order valence-corrected chi connectivity index (χ4v) is 5.46. The lowest BCUT2D eigenvalue weighted by Crippen LogP contribution is -2.53. The Morgan fingerprint density at radius 3 is 2.64 bits per heavy atom. The van der Waals surface area contributed by atoms with Gasteiger partial charge in [0.15, 0.2) is 0 Å². The van der Waals surface area contributed by atoms with E-state index in [-0.39, 0.29) is 40.9 Å². The normalized spacial score (nSPS) is 24.0. The van der Waals surface area contributed by atoms with Crippen LogP contribution < -0.4 is 5.32 Å². The fraction of sp³-hybridized carbons (Fsp3) is 0.632. The Labute approximate surface area is 172 Å². The molecule has 2 aliphatic rings. The van der Waals surface area contributed by atoms with Crippen LogP contribution in [0.1, 0.15) is 19.8 Å². The van der Waals surface area contributed by atoms with E-state index in [0.29, 0.717) is 6.54 Å². The molecule has 0 unspecified atom stereocenters. The quantitative estimate of drug-likeness (QED) is 0.768. The number of ether oxygens (including phenoxy) is 1. The van der Waals surface area contributed by atoms with Crippen LogP contribution in [0.5, 0.6) is 0 Å². The third-order valence-corrected chi connectivity index (χ3v) is 8.02. The second-order valence-corrected chi connectivity index (χ2v) is 10.3. The van der Waals surface area contributed by atoms with Crippen LogP contribution in [0.15, 0.2) is 29.2 Å². The Morgan fingerprint density at radius 1 is 1.29 bits per heavy atom. The van der Waals surface area contributed by atoms with Gasteiger partial charge >= 0.3 is 0 Å². The highest BCUT2D eigenvalue weighted by molar-refractivity contribution is 7.89. The highest BCUT2D eigenvalue weighted by Gasteiger charge is 2.36. The average molecular weight is 430 g/mol. The van der Waals surface area contributed by atoms with Crippen LogP contribution in [0.2, 0.25) is 5.02 Å². The monoisotopic (exact) mass is 429 g/mol. The number of carbonyl (C=O) groups excluding carboxylic acids is 1. The molecule has 9 heteroatoms. The summed E-state index contributed by atoms with van der Waals surface area (Å²) < 4.78 is 32.7. The number of halogens is 1. The molecule has 0 radical (unpaired) electrons. The van der Waals surface area contributed by atoms with Crippen molar-refractivity contribution in [2.75, 3.05) is 46.4 Å². The molecule has 1 aromatic carbocycles. The molecule has 156 valence electrons. The molecule has 28 heavy (non-hydrogen) atoms. The van der Waals surface area contributed by atoms with Gasteiger partial charge in [0.05, 0.1) is 11.6 Å². The summed E-state index contributed by atoms with van der Waals surface area (Å²) in [5, 5.41) is 3.14. The number of amides is 1. The maximum absolute atomic E-state index is 12.9. The lowest BCUT2D eigenvalue weighted by atomic mass is 9.80. The molecule has 1 amide bonds. The Bertz CT molecular complexity index is 809. The largest absolute Gasteiger partial charge is 0.366 e. The van der Waals surface area contributed by atoms with Crippen molar-refractivity contribution in [1.29, 1.82) is 0 Å². The van der Waals surface area contributed by atoms with Crippen molar-refractivity contribution in [3.8, 4) is 0 Å². The fourth-order valence-electron chi connectivity index (χ4n) is 3.55. The van der Waals surface area contributed by atoms with E-state index in [4.69, 9.17) is 16.3 Å². The third kappa shape index (κ3) is 4.86. The van der Waals surface area contributed by atoms with Gasteiger partial charge in [-0.05, 0) is 50.5 Å². The zero-order valence-corrected chi connectivity index (χ0v) is 17.9. The van der Waals surface area contributed by atoms with Gasteiger partial charge in [-0.25, -0.2) is 8.42 Å². The molecule has 1 atom stereocenters. The molecular formula is C19H28ClN3O4S. The number of sulfonamides is 1. The van der Waals surface area contributed by atoms with Crippen LogP contribution in [0.25, 0.3) is 0 Å². The van der Waals surface area contributed by atoms with Crippen molar-refractivity contribution in [3.05, 3.63) is 29.3 Å². The SMILES string of the molecule is CN1CCC(C)(CNC(=O)[C@H]2CN(S(=O)(=O)c3ccccc3Cl)CCO2)CC1. The number of carbonyl (C=O) groups is 1. The standard InChI is InChI=1S/C19H28ClN3O4S/c1-19(7-9-22(2)10-8-19)14-21-18(24)16-13-23(11-12-27-16)28(25,26)17-6-4-3-5-15(17)20/h3-6,16H,7-14H2,1-2H3,(H,21,24)/t16-/m1/s1. The number of nitrogens with zero attached hydrogens (tertiary/aromatic N) is 2. The molecular weight excluding hydrogens is 402 g/mol. The molecule has 0 aromatic heterocycles. The van der Waals surface area contributed by atoms with Gasteiger partial charge < -0.3 is 15.0 Å². The minimum absolute atomic E-state index is 0.0150. The molecule has 7 nitrogen and oxygen atoms in total. The smallest absolute Gasteiger partial charge is 0.250 e. The maximum atomic E-state index is 12.9. The predicted octanol–water partition coefficient (Wildman–Crippen LogP) is 1.58. The zero-order chi connectivity index (χ0) is 20.4. The summed E-state index contributed by atoms with van der Waals surface area (Å²) >= 11 is 6.07. The van der Waals surface area contributed by atoms with E-state index < -0.39 is 16.1 Å². The minimum Gasteiger partial charge on any atom is -0.366 e. The number of benzene rings is 1. The second kappa shape index (κ2) is 8.67. The molecule has 0 saturated carbocycles. The van der Waals surface area contributed by atoms with E-state index >= 15 is 0 Å². The molecule has 2 fully saturated rings. The van der Waals surface area contributed by atoms with E-state index in [0.717, 1.165) is 25.9 Å². The van der Waals surface area contributed by atoms with E-state index in [1.165, 1.54) is 10.4 Å². The van der Waals surface area contributed by atoms with Crippen LogP contribution in [-0.4, -0.2) is 76.0 Å². The lowest BCUT2D eigenvalue weighted by molar-refractivity contribution is -0.136. The van der Waals surface area contributed by atoms with E-state index in [2.05, 4.69) is 24.2 Å². The van der Waals surface area contributed by atoms with Gasteiger partial charge in [-0.1, -0.05) is 30.7 Å². The van der Waals surface area contributed by atoms with Crippen molar-refractivity contribution in [2.24, 2.45) is 5.41 Å². The summed E-state index contributed by atoms with van der Waals surface area (Å²) in [6, 6.07) is 6.33. The van der Waals surface area contributed by atoms with Gasteiger partial charge in [0.1, 0.15) is 11.0 Å². The number of hydrogen-bond acceptors (Lipinski definition) is 5. The Balaban J connectivity index is 1.61. The van der Waals surface area contributed by atoms with Gasteiger partial charge in [0, 0.05) is 19.6 Å². The van der Waals surface area contributed by atoms with Crippen molar-refractivity contribution >= 4 is 27.5 Å². The third-order valence-electron chi connectivity index (χ3n) is 5.66. The van der Waals surface area contributed by atoms with Crippen LogP contribution in [0.4, 0.5) is 0 Å². The number of morpholine rings is 1. The summed E-state index contributed by atoms with van der Waals surface area (Å²) in [6.45, 7) is 5.11. The van der Waals surface area contributed by atoms with Crippen LogP contribution in [0.3, 0.4) is 0 Å². The minimum atomic E-state index is -3.78. The Kier molecular flexibility index (Phi) is 6.66. The first-order valence-electron chi connectivity index (χ1n) is 9.54. The van der Waals surface area contributed by atoms with E-state index in [1.807, 2.05) is 0 Å². The number of hydrogen-bond donors (Lipinski definition) is 1. The van der Waals surface area contributed by atoms with E-state index in [9.17, 15) is 13.2 Å². The van der Waals surface area contributed by atoms with Crippen molar-refractivity contribution in [1.82, 2.24) is 14.5 Å². The van der Waals surface area contributed by atoms with Gasteiger partial charge in [-0.15, -0.1) is 0 Å². The topological polar surface area (TPSA) is 79.0 Å². The van der Waals surface area contributed by atoms with E-state index in [1.54, 1.807) is 18.2 Å². The summed E-state index contributed by atoms with van der Waals surface area (Å²) in [5.74, 6) is -0.265. The maximum Gasteiger partial charge on any atom is 0.250 e. The van der Waals surface area contributed by atoms with Gasteiger partial charge in [0.25, 0.3) is 5.91 Å². The first-order chi connectivity index (χ1) is 13.2. The molecule has 2 heterocycles. The molecule has 3 rings (SSSR count). The van der Waals surface area contributed by atoms with Crippen LogP contribution in [-0.2, 0) is 19.6 Å². The number of nitrogens with one attached hydrogen (secondary N) is 1. The molecule has 1 N–H and O–H groups in total. The highest BCUT2D eigenvalue weighted by Crippen LogP contribution is 2.29. The molecule has 0 spiro atoms. The predicted molar refractivity (Wildman–Crippen MR) is 108 cm³/mol. The summed E-state index contributed by atoms with van der Waals surface area (Å²) in [6.07, 6.45) is 1.21. The lowest BCUT2D eigenvalue weighted by Gasteiger charge is -2.38. The molecule has 0 bridgehead atoms.